The summed E-state index contributed by atoms with van der Waals surface area (Å²) in [5.74, 6) is 1.09. The highest BCUT2D eigenvalue weighted by Crippen LogP contribution is 2.20. The van der Waals surface area contributed by atoms with E-state index in [2.05, 4.69) is 50.4 Å². The van der Waals surface area contributed by atoms with Gasteiger partial charge in [0, 0.05) is 36.3 Å². The summed E-state index contributed by atoms with van der Waals surface area (Å²) in [5, 5.41) is 13.8. The highest BCUT2D eigenvalue weighted by atomic mass is 16.1. The Morgan fingerprint density at radius 3 is 2.93 bits per heavy atom. The quantitative estimate of drug-likeness (QED) is 0.522. The van der Waals surface area contributed by atoms with Crippen LogP contribution in [-0.2, 0) is 19.4 Å². The first-order valence-corrected chi connectivity index (χ1v) is 9.32. The topological polar surface area (TPSA) is 93.8 Å². The van der Waals surface area contributed by atoms with Crippen LogP contribution in [-0.4, -0.2) is 34.3 Å². The van der Waals surface area contributed by atoms with E-state index < -0.39 is 0 Å². The standard InChI is InChI=1S/C20H19N7O/c1-3-17-22-20-24-23-18-16(27(20)25-17)7-9-26(19(18)28)8-6-13-11-21-15-5-4-12(2)10-14(13)15/h4-5,7,9-11,21H,3,6,8H2,1-2H3. The highest BCUT2D eigenvalue weighted by molar-refractivity contribution is 5.83. The van der Waals surface area contributed by atoms with Crippen LogP contribution >= 0.6 is 0 Å². The van der Waals surface area contributed by atoms with Gasteiger partial charge in [-0.15, -0.1) is 15.3 Å². The summed E-state index contributed by atoms with van der Waals surface area (Å²) in [6, 6.07) is 8.19. The third-order valence-electron chi connectivity index (χ3n) is 5.08. The van der Waals surface area contributed by atoms with Crippen molar-refractivity contribution in [2.24, 2.45) is 0 Å². The Morgan fingerprint density at radius 1 is 1.18 bits per heavy atom. The van der Waals surface area contributed by atoms with Crippen molar-refractivity contribution in [3.8, 4) is 0 Å². The van der Waals surface area contributed by atoms with Crippen molar-refractivity contribution in [2.45, 2.75) is 33.2 Å². The van der Waals surface area contributed by atoms with E-state index in [1.807, 2.05) is 19.2 Å². The van der Waals surface area contributed by atoms with Crippen molar-refractivity contribution >= 4 is 27.7 Å². The third-order valence-corrected chi connectivity index (χ3v) is 5.08. The highest BCUT2D eigenvalue weighted by Gasteiger charge is 2.12. The molecule has 1 N–H and O–H groups in total. The number of hydrogen-bond donors (Lipinski definition) is 1. The van der Waals surface area contributed by atoms with E-state index in [1.54, 1.807) is 15.3 Å². The Bertz CT molecular complexity index is 1390. The number of aromatic nitrogens is 7. The summed E-state index contributed by atoms with van der Waals surface area (Å²) in [6.07, 6.45) is 5.25. The number of nitrogens with one attached hydrogen (secondary N) is 1. The molecule has 0 aliphatic heterocycles. The third kappa shape index (κ3) is 2.57. The second-order valence-corrected chi connectivity index (χ2v) is 6.95. The molecule has 4 aromatic heterocycles. The molecule has 5 rings (SSSR count). The van der Waals surface area contributed by atoms with E-state index in [1.165, 1.54) is 16.5 Å². The minimum atomic E-state index is -0.170. The van der Waals surface area contributed by atoms with Crippen molar-refractivity contribution in [3.05, 3.63) is 64.0 Å². The number of pyridine rings is 1. The van der Waals surface area contributed by atoms with Gasteiger partial charge in [-0.05, 0) is 37.1 Å². The molecule has 0 bridgehead atoms. The predicted octanol–water partition coefficient (Wildman–Crippen LogP) is 2.43. The van der Waals surface area contributed by atoms with Crippen LogP contribution in [0, 0.1) is 6.92 Å². The molecule has 1 aromatic carbocycles. The van der Waals surface area contributed by atoms with Gasteiger partial charge in [0.2, 0.25) is 0 Å². The summed E-state index contributed by atoms with van der Waals surface area (Å²) in [7, 11) is 0. The molecule has 0 unspecified atom stereocenters. The van der Waals surface area contributed by atoms with Crippen LogP contribution in [0.15, 0.2) is 41.5 Å². The molecule has 0 aliphatic rings. The van der Waals surface area contributed by atoms with Crippen LogP contribution < -0.4 is 5.56 Å². The SMILES string of the molecule is CCc1nc2nnc3c(=O)n(CCc4c[nH]c5ccc(C)cc45)ccc3n2n1. The molecule has 5 aromatic rings. The molecule has 0 radical (unpaired) electrons. The number of aryl methyl sites for hydroxylation is 4. The zero-order valence-corrected chi connectivity index (χ0v) is 15.7. The Balaban J connectivity index is 1.52. The van der Waals surface area contributed by atoms with Crippen molar-refractivity contribution in [3.63, 3.8) is 0 Å². The summed E-state index contributed by atoms with van der Waals surface area (Å²) in [6.45, 7) is 4.62. The van der Waals surface area contributed by atoms with Crippen LogP contribution in [0.5, 0.6) is 0 Å². The van der Waals surface area contributed by atoms with E-state index in [0.29, 0.717) is 35.6 Å². The smallest absolute Gasteiger partial charge is 0.280 e. The molecule has 0 saturated carbocycles. The number of aromatic amines is 1. The number of benzene rings is 1. The lowest BCUT2D eigenvalue weighted by molar-refractivity contribution is 0.673. The Morgan fingerprint density at radius 2 is 2.07 bits per heavy atom. The lowest BCUT2D eigenvalue weighted by Gasteiger charge is -2.07. The zero-order valence-electron chi connectivity index (χ0n) is 15.7. The van der Waals surface area contributed by atoms with Crippen LogP contribution in [0.25, 0.3) is 27.7 Å². The lowest BCUT2D eigenvalue weighted by atomic mass is 10.1. The maximum Gasteiger partial charge on any atom is 0.280 e. The molecule has 8 nitrogen and oxygen atoms in total. The molecule has 0 saturated heterocycles. The maximum atomic E-state index is 12.9. The average molecular weight is 373 g/mol. The van der Waals surface area contributed by atoms with Gasteiger partial charge in [-0.2, -0.15) is 9.50 Å². The molecule has 4 heterocycles. The first-order chi connectivity index (χ1) is 13.6. The fourth-order valence-electron chi connectivity index (χ4n) is 3.55. The molecule has 8 heteroatoms. The molecule has 28 heavy (non-hydrogen) atoms. The van der Waals surface area contributed by atoms with Gasteiger partial charge < -0.3 is 9.55 Å². The van der Waals surface area contributed by atoms with Crippen LogP contribution in [0.1, 0.15) is 23.9 Å². The van der Waals surface area contributed by atoms with Gasteiger partial charge in [-0.3, -0.25) is 4.79 Å². The first-order valence-electron chi connectivity index (χ1n) is 9.32. The molecule has 0 spiro atoms. The van der Waals surface area contributed by atoms with Gasteiger partial charge in [0.25, 0.3) is 11.3 Å². The zero-order chi connectivity index (χ0) is 19.3. The molecular formula is C20H19N7O. The van der Waals surface area contributed by atoms with E-state index >= 15 is 0 Å². The van der Waals surface area contributed by atoms with Gasteiger partial charge in [-0.25, -0.2) is 0 Å². The molecule has 0 atom stereocenters. The van der Waals surface area contributed by atoms with E-state index in [-0.39, 0.29) is 5.56 Å². The summed E-state index contributed by atoms with van der Waals surface area (Å²) in [4.78, 5) is 20.5. The fourth-order valence-corrected chi connectivity index (χ4v) is 3.55. The average Bonchev–Trinajstić information content (AvgIpc) is 3.31. The monoisotopic (exact) mass is 373 g/mol. The Labute approximate surface area is 159 Å². The molecule has 0 amide bonds. The van der Waals surface area contributed by atoms with E-state index in [0.717, 1.165) is 11.9 Å². The minimum absolute atomic E-state index is 0.170. The van der Waals surface area contributed by atoms with Gasteiger partial charge >= 0.3 is 0 Å². The number of H-pyrrole nitrogens is 1. The lowest BCUT2D eigenvalue weighted by Crippen LogP contribution is -2.22. The predicted molar refractivity (Wildman–Crippen MR) is 106 cm³/mol. The van der Waals surface area contributed by atoms with Gasteiger partial charge in [0.1, 0.15) is 5.52 Å². The largest absolute Gasteiger partial charge is 0.361 e. The summed E-state index contributed by atoms with van der Waals surface area (Å²) in [5.41, 5.74) is 4.28. The minimum Gasteiger partial charge on any atom is -0.361 e. The van der Waals surface area contributed by atoms with Crippen molar-refractivity contribution in [1.29, 1.82) is 0 Å². The van der Waals surface area contributed by atoms with E-state index in [4.69, 9.17) is 0 Å². The Kier molecular flexibility index (Phi) is 3.71. The van der Waals surface area contributed by atoms with Crippen molar-refractivity contribution in [2.75, 3.05) is 0 Å². The van der Waals surface area contributed by atoms with Crippen LogP contribution in [0.4, 0.5) is 0 Å². The van der Waals surface area contributed by atoms with Crippen LogP contribution in [0.3, 0.4) is 0 Å². The molecule has 0 aliphatic carbocycles. The van der Waals surface area contributed by atoms with Gasteiger partial charge in [0.05, 0.1) is 0 Å². The van der Waals surface area contributed by atoms with Crippen molar-refractivity contribution in [1.82, 2.24) is 34.3 Å². The second-order valence-electron chi connectivity index (χ2n) is 6.95. The number of hydrogen-bond acceptors (Lipinski definition) is 5. The number of fused-ring (bicyclic) bond motifs is 4. The first kappa shape index (κ1) is 16.6. The van der Waals surface area contributed by atoms with Gasteiger partial charge in [0.15, 0.2) is 11.3 Å². The normalized spacial score (nSPS) is 11.8. The van der Waals surface area contributed by atoms with Gasteiger partial charge in [-0.1, -0.05) is 18.6 Å². The summed E-state index contributed by atoms with van der Waals surface area (Å²) >= 11 is 0. The van der Waals surface area contributed by atoms with Crippen molar-refractivity contribution < 1.29 is 0 Å². The Hall–Kier alpha value is -3.55. The molecule has 140 valence electrons. The number of rotatable bonds is 4. The fraction of sp³-hybridized carbons (Fsp3) is 0.250. The van der Waals surface area contributed by atoms with Crippen LogP contribution in [0.2, 0.25) is 0 Å². The second kappa shape index (κ2) is 6.26. The summed E-state index contributed by atoms with van der Waals surface area (Å²) < 4.78 is 3.27. The van der Waals surface area contributed by atoms with E-state index in [9.17, 15) is 4.79 Å². The molecular weight excluding hydrogens is 354 g/mol. The number of nitrogens with zero attached hydrogens (tertiary/aromatic N) is 6. The molecule has 0 fully saturated rings. The maximum absolute atomic E-state index is 12.9.